The zero-order valence-corrected chi connectivity index (χ0v) is 18.5. The van der Waals surface area contributed by atoms with E-state index in [1.54, 1.807) is 23.5 Å². The van der Waals surface area contributed by atoms with Gasteiger partial charge in [-0.25, -0.2) is 0 Å². The van der Waals surface area contributed by atoms with Gasteiger partial charge in [0.05, 0.1) is 13.2 Å². The van der Waals surface area contributed by atoms with Gasteiger partial charge in [0.15, 0.2) is 0 Å². The van der Waals surface area contributed by atoms with E-state index in [0.29, 0.717) is 13.2 Å². The van der Waals surface area contributed by atoms with E-state index >= 15 is 0 Å². The van der Waals surface area contributed by atoms with E-state index in [-0.39, 0.29) is 23.8 Å². The Morgan fingerprint density at radius 3 is 1.45 bits per heavy atom. The molecule has 6 heteroatoms. The van der Waals surface area contributed by atoms with Gasteiger partial charge in [-0.1, -0.05) is 36.4 Å². The fraction of sp³-hybridized carbons (Fsp3) is 0.391. The molecule has 0 fully saturated rings. The third-order valence-electron chi connectivity index (χ3n) is 4.17. The molecular formula is C23H28O4S2. The second kappa shape index (κ2) is 13.3. The highest BCUT2D eigenvalue weighted by molar-refractivity contribution is 7.99. The summed E-state index contributed by atoms with van der Waals surface area (Å²) in [7, 11) is 0. The lowest BCUT2D eigenvalue weighted by molar-refractivity contribution is -0.142. The molecule has 0 saturated carbocycles. The zero-order chi connectivity index (χ0) is 20.9. The van der Waals surface area contributed by atoms with Crippen LogP contribution < -0.4 is 0 Å². The first kappa shape index (κ1) is 23.4. The van der Waals surface area contributed by atoms with Gasteiger partial charge in [0.1, 0.15) is 0 Å². The largest absolute Gasteiger partial charge is 0.466 e. The van der Waals surface area contributed by atoms with Crippen molar-refractivity contribution < 1.29 is 19.1 Å². The molecule has 0 aliphatic heterocycles. The van der Waals surface area contributed by atoms with E-state index in [0.717, 1.165) is 17.9 Å². The van der Waals surface area contributed by atoms with Crippen molar-refractivity contribution >= 4 is 35.5 Å². The van der Waals surface area contributed by atoms with Crippen LogP contribution in [0.4, 0.5) is 0 Å². The average Bonchev–Trinajstić information content (AvgIpc) is 2.73. The van der Waals surface area contributed by atoms with Crippen LogP contribution in [0.3, 0.4) is 0 Å². The minimum atomic E-state index is -0.269. The predicted octanol–water partition coefficient (Wildman–Crippen LogP) is 5.32. The molecule has 0 radical (unpaired) electrons. The predicted molar refractivity (Wildman–Crippen MR) is 119 cm³/mol. The van der Waals surface area contributed by atoms with Gasteiger partial charge in [-0.15, -0.1) is 23.5 Å². The minimum absolute atomic E-state index is 0.182. The van der Waals surface area contributed by atoms with Gasteiger partial charge in [-0.05, 0) is 30.7 Å². The number of thioether (sulfide) groups is 2. The van der Waals surface area contributed by atoms with Crippen LogP contribution in [0.5, 0.6) is 0 Å². The Hall–Kier alpha value is -1.92. The Morgan fingerprint density at radius 1 is 0.724 bits per heavy atom. The summed E-state index contributed by atoms with van der Waals surface area (Å²) < 4.78 is 10.6. The summed E-state index contributed by atoms with van der Waals surface area (Å²) in [6.45, 7) is 3.62. The van der Waals surface area contributed by atoms with Crippen LogP contribution in [-0.2, 0) is 19.1 Å². The second-order valence-electron chi connectivity index (χ2n) is 6.82. The van der Waals surface area contributed by atoms with Crippen LogP contribution in [-0.4, -0.2) is 36.7 Å². The molecule has 0 spiro atoms. The van der Waals surface area contributed by atoms with E-state index in [2.05, 4.69) is 24.3 Å². The smallest absolute Gasteiger partial charge is 0.302 e. The van der Waals surface area contributed by atoms with Gasteiger partial charge < -0.3 is 9.47 Å². The monoisotopic (exact) mass is 432 g/mol. The summed E-state index contributed by atoms with van der Waals surface area (Å²) in [5.41, 5.74) is 0. The minimum Gasteiger partial charge on any atom is -0.466 e. The number of hydrogen-bond acceptors (Lipinski definition) is 6. The Labute approximate surface area is 181 Å². The summed E-state index contributed by atoms with van der Waals surface area (Å²) in [5.74, 6) is 1.50. The Kier molecular flexibility index (Phi) is 10.7. The first-order chi connectivity index (χ1) is 14.0. The van der Waals surface area contributed by atoms with E-state index < -0.39 is 0 Å². The summed E-state index contributed by atoms with van der Waals surface area (Å²) >= 11 is 3.51. The van der Waals surface area contributed by atoms with Crippen LogP contribution in [0.2, 0.25) is 0 Å². The first-order valence-corrected chi connectivity index (χ1v) is 11.6. The fourth-order valence-corrected chi connectivity index (χ4v) is 4.79. The van der Waals surface area contributed by atoms with E-state index in [1.165, 1.54) is 23.6 Å². The highest BCUT2D eigenvalue weighted by Gasteiger charge is 2.20. The van der Waals surface area contributed by atoms with E-state index in [4.69, 9.17) is 9.47 Å². The normalized spacial score (nSPS) is 12.8. The molecule has 0 unspecified atom stereocenters. The topological polar surface area (TPSA) is 52.6 Å². The third-order valence-corrected chi connectivity index (χ3v) is 6.66. The van der Waals surface area contributed by atoms with Crippen molar-refractivity contribution in [1.29, 1.82) is 0 Å². The number of esters is 2. The average molecular weight is 433 g/mol. The molecule has 0 aromatic heterocycles. The Balaban J connectivity index is 1.98. The van der Waals surface area contributed by atoms with Gasteiger partial charge in [0.25, 0.3) is 0 Å². The Bertz CT molecular complexity index is 674. The van der Waals surface area contributed by atoms with Crippen LogP contribution in [0.1, 0.15) is 20.3 Å². The van der Waals surface area contributed by atoms with E-state index in [1.807, 2.05) is 36.4 Å². The van der Waals surface area contributed by atoms with Gasteiger partial charge in [-0.3, -0.25) is 9.59 Å². The lowest BCUT2D eigenvalue weighted by atomic mass is 9.98. The maximum Gasteiger partial charge on any atom is 0.302 e. The van der Waals surface area contributed by atoms with Crippen LogP contribution in [0.15, 0.2) is 70.5 Å². The summed E-state index contributed by atoms with van der Waals surface area (Å²) in [5, 5.41) is 0. The number of benzene rings is 2. The summed E-state index contributed by atoms with van der Waals surface area (Å²) in [6.07, 6.45) is 0.820. The second-order valence-corrected chi connectivity index (χ2v) is 9.01. The quantitative estimate of drug-likeness (QED) is 0.334. The van der Waals surface area contributed by atoms with Crippen LogP contribution in [0, 0.1) is 11.8 Å². The van der Waals surface area contributed by atoms with Crippen molar-refractivity contribution in [2.24, 2.45) is 11.8 Å². The molecule has 0 N–H and O–H groups in total. The van der Waals surface area contributed by atoms with E-state index in [9.17, 15) is 9.59 Å². The first-order valence-electron chi connectivity index (χ1n) is 9.65. The molecule has 2 rings (SSSR count). The molecule has 0 aliphatic carbocycles. The lowest BCUT2D eigenvalue weighted by Crippen LogP contribution is -2.23. The molecule has 2 aromatic carbocycles. The number of carbonyl (C=O) groups is 2. The molecule has 2 atom stereocenters. The van der Waals surface area contributed by atoms with Crippen LogP contribution in [0.25, 0.3) is 0 Å². The van der Waals surface area contributed by atoms with Crippen molar-refractivity contribution in [1.82, 2.24) is 0 Å². The molecule has 0 aliphatic rings. The molecule has 156 valence electrons. The van der Waals surface area contributed by atoms with Crippen LogP contribution >= 0.6 is 23.5 Å². The molecular weight excluding hydrogens is 404 g/mol. The highest BCUT2D eigenvalue weighted by Crippen LogP contribution is 2.28. The summed E-state index contributed by atoms with van der Waals surface area (Å²) in [4.78, 5) is 25.0. The van der Waals surface area contributed by atoms with Gasteiger partial charge in [0, 0.05) is 47.0 Å². The fourth-order valence-electron chi connectivity index (χ4n) is 2.77. The SMILES string of the molecule is CC(=O)OC[C@H](CSc1ccccc1)C[C@@H](COC(C)=O)CSc1ccccc1. The molecule has 29 heavy (non-hydrogen) atoms. The third kappa shape index (κ3) is 10.4. The van der Waals surface area contributed by atoms with Gasteiger partial charge in [-0.2, -0.15) is 0 Å². The molecule has 0 heterocycles. The summed E-state index contributed by atoms with van der Waals surface area (Å²) in [6, 6.07) is 20.4. The molecule has 4 nitrogen and oxygen atoms in total. The van der Waals surface area contributed by atoms with Crippen molar-refractivity contribution in [3.05, 3.63) is 60.7 Å². The molecule has 0 amide bonds. The number of hydrogen-bond donors (Lipinski definition) is 0. The Morgan fingerprint density at radius 2 is 1.10 bits per heavy atom. The van der Waals surface area contributed by atoms with Crippen molar-refractivity contribution in [3.63, 3.8) is 0 Å². The van der Waals surface area contributed by atoms with Crippen molar-refractivity contribution in [2.45, 2.75) is 30.1 Å². The standard InChI is InChI=1S/C23H28O4S2/c1-18(24)26-14-20(16-28-22-9-5-3-6-10-22)13-21(15-27-19(2)25)17-29-23-11-7-4-8-12-23/h3-12,20-21H,13-17H2,1-2H3/t20-,21+. The van der Waals surface area contributed by atoms with Crippen molar-refractivity contribution in [2.75, 3.05) is 24.7 Å². The molecule has 0 bridgehead atoms. The molecule has 2 aromatic rings. The lowest BCUT2D eigenvalue weighted by Gasteiger charge is -2.23. The maximum atomic E-state index is 11.3. The van der Waals surface area contributed by atoms with Gasteiger partial charge >= 0.3 is 11.9 Å². The van der Waals surface area contributed by atoms with Gasteiger partial charge in [0.2, 0.25) is 0 Å². The number of rotatable bonds is 12. The highest BCUT2D eigenvalue weighted by atomic mass is 32.2. The van der Waals surface area contributed by atoms with Crippen molar-refractivity contribution in [3.8, 4) is 0 Å². The maximum absolute atomic E-state index is 11.3. The molecule has 0 saturated heterocycles. The zero-order valence-electron chi connectivity index (χ0n) is 16.9. The number of ether oxygens (including phenoxy) is 2. The number of carbonyl (C=O) groups excluding carboxylic acids is 2.